The molecule has 0 fully saturated rings. The Kier molecular flexibility index (Phi) is 3.79. The zero-order chi connectivity index (χ0) is 13.0. The summed E-state index contributed by atoms with van der Waals surface area (Å²) in [6.45, 7) is 1.67. The second-order valence-corrected chi connectivity index (χ2v) is 5.10. The van der Waals surface area contributed by atoms with Gasteiger partial charge in [0, 0.05) is 5.38 Å². The maximum Gasteiger partial charge on any atom is 0.252 e. The van der Waals surface area contributed by atoms with E-state index in [0.29, 0.717) is 5.56 Å². The first-order chi connectivity index (χ1) is 8.65. The van der Waals surface area contributed by atoms with Crippen LogP contribution in [0.4, 0.5) is 0 Å². The molecule has 0 aliphatic carbocycles. The van der Waals surface area contributed by atoms with Crippen LogP contribution in [0.3, 0.4) is 0 Å². The van der Waals surface area contributed by atoms with Gasteiger partial charge in [-0.3, -0.25) is 4.79 Å². The van der Waals surface area contributed by atoms with E-state index in [-0.39, 0.29) is 12.5 Å². The molecule has 0 bridgehead atoms. The van der Waals surface area contributed by atoms with Crippen LogP contribution in [0.2, 0.25) is 0 Å². The van der Waals surface area contributed by atoms with Crippen molar-refractivity contribution >= 4 is 17.2 Å². The van der Waals surface area contributed by atoms with Crippen LogP contribution in [0.15, 0.2) is 47.2 Å². The van der Waals surface area contributed by atoms with Crippen molar-refractivity contribution in [1.29, 1.82) is 0 Å². The fourth-order valence-electron chi connectivity index (χ4n) is 1.73. The topological polar surface area (TPSA) is 49.3 Å². The maximum absolute atomic E-state index is 12.0. The number of carbonyl (C=O) groups is 1. The van der Waals surface area contributed by atoms with E-state index in [0.717, 1.165) is 5.56 Å². The fourth-order valence-corrected chi connectivity index (χ4v) is 2.36. The number of amides is 1. The van der Waals surface area contributed by atoms with Crippen LogP contribution < -0.4 is 5.32 Å². The molecular weight excluding hydrogens is 246 g/mol. The summed E-state index contributed by atoms with van der Waals surface area (Å²) in [5, 5.41) is 16.1. The summed E-state index contributed by atoms with van der Waals surface area (Å²) in [4.78, 5) is 12.0. The average Bonchev–Trinajstić information content (AvgIpc) is 2.93. The van der Waals surface area contributed by atoms with E-state index < -0.39 is 5.54 Å². The molecule has 4 heteroatoms. The fraction of sp³-hybridized carbons (Fsp3) is 0.214. The number of nitrogens with one attached hydrogen (secondary N) is 1. The molecule has 0 spiro atoms. The Balaban J connectivity index is 2.21. The second kappa shape index (κ2) is 5.33. The van der Waals surface area contributed by atoms with Gasteiger partial charge in [-0.2, -0.15) is 11.3 Å². The predicted octanol–water partition coefficient (Wildman–Crippen LogP) is 2.39. The van der Waals surface area contributed by atoms with E-state index >= 15 is 0 Å². The minimum atomic E-state index is -0.764. The zero-order valence-corrected chi connectivity index (χ0v) is 10.9. The third-order valence-corrected chi connectivity index (χ3v) is 3.58. The van der Waals surface area contributed by atoms with Gasteiger partial charge in [0.15, 0.2) is 0 Å². The minimum Gasteiger partial charge on any atom is -0.394 e. The number of hydrogen-bond donors (Lipinski definition) is 2. The number of benzene rings is 1. The highest BCUT2D eigenvalue weighted by Gasteiger charge is 2.28. The van der Waals surface area contributed by atoms with Crippen molar-refractivity contribution < 1.29 is 9.90 Å². The number of carbonyl (C=O) groups excluding carboxylic acids is 1. The highest BCUT2D eigenvalue weighted by molar-refractivity contribution is 7.08. The van der Waals surface area contributed by atoms with Gasteiger partial charge >= 0.3 is 0 Å². The highest BCUT2D eigenvalue weighted by atomic mass is 32.1. The van der Waals surface area contributed by atoms with Crippen molar-refractivity contribution in [1.82, 2.24) is 5.32 Å². The molecule has 0 saturated heterocycles. The molecule has 0 aliphatic heterocycles. The summed E-state index contributed by atoms with van der Waals surface area (Å²) in [6, 6.07) is 11.2. The van der Waals surface area contributed by atoms with E-state index in [1.54, 1.807) is 11.4 Å². The molecule has 0 saturated carbocycles. The van der Waals surface area contributed by atoms with Gasteiger partial charge < -0.3 is 10.4 Å². The lowest BCUT2D eigenvalue weighted by Crippen LogP contribution is -2.46. The lowest BCUT2D eigenvalue weighted by molar-refractivity contribution is 0.0850. The Bertz CT molecular complexity index is 510. The third-order valence-electron chi connectivity index (χ3n) is 2.90. The highest BCUT2D eigenvalue weighted by Crippen LogP contribution is 2.20. The number of rotatable bonds is 4. The molecular formula is C14H15NO2S. The van der Waals surface area contributed by atoms with Crippen molar-refractivity contribution in [2.75, 3.05) is 6.61 Å². The first-order valence-electron chi connectivity index (χ1n) is 5.67. The van der Waals surface area contributed by atoms with Gasteiger partial charge in [-0.05, 0) is 23.9 Å². The lowest BCUT2D eigenvalue weighted by Gasteiger charge is -2.29. The third kappa shape index (κ3) is 2.60. The molecule has 18 heavy (non-hydrogen) atoms. The Labute approximate surface area is 110 Å². The summed E-state index contributed by atoms with van der Waals surface area (Å²) < 4.78 is 0. The van der Waals surface area contributed by atoms with Crippen LogP contribution >= 0.6 is 11.3 Å². The first kappa shape index (κ1) is 12.8. The largest absolute Gasteiger partial charge is 0.394 e. The van der Waals surface area contributed by atoms with Crippen LogP contribution in [-0.4, -0.2) is 17.6 Å². The Morgan fingerprint density at radius 3 is 2.61 bits per heavy atom. The van der Waals surface area contributed by atoms with E-state index in [1.165, 1.54) is 11.3 Å². The molecule has 0 aliphatic rings. The van der Waals surface area contributed by atoms with Crippen LogP contribution in [0, 0.1) is 0 Å². The number of aliphatic hydroxyl groups excluding tert-OH is 1. The SMILES string of the molecule is CC(CO)(NC(=O)c1ccsc1)c1ccccc1. The van der Waals surface area contributed by atoms with Gasteiger partial charge in [-0.25, -0.2) is 0 Å². The van der Waals surface area contributed by atoms with Gasteiger partial charge in [-0.1, -0.05) is 30.3 Å². The summed E-state index contributed by atoms with van der Waals surface area (Å²) >= 11 is 1.47. The minimum absolute atomic E-state index is 0.146. The van der Waals surface area contributed by atoms with Crippen LogP contribution in [0.25, 0.3) is 0 Å². The smallest absolute Gasteiger partial charge is 0.252 e. The molecule has 1 unspecified atom stereocenters. The lowest BCUT2D eigenvalue weighted by atomic mass is 9.92. The molecule has 2 aromatic rings. The van der Waals surface area contributed by atoms with Gasteiger partial charge in [0.25, 0.3) is 5.91 Å². The zero-order valence-electron chi connectivity index (χ0n) is 10.1. The Morgan fingerprint density at radius 2 is 2.06 bits per heavy atom. The maximum atomic E-state index is 12.0. The van der Waals surface area contributed by atoms with Crippen LogP contribution in [0.1, 0.15) is 22.8 Å². The van der Waals surface area contributed by atoms with E-state index in [4.69, 9.17) is 0 Å². The number of hydrogen-bond acceptors (Lipinski definition) is 3. The van der Waals surface area contributed by atoms with Crippen LogP contribution in [0.5, 0.6) is 0 Å². The summed E-state index contributed by atoms with van der Waals surface area (Å²) in [5.74, 6) is -0.170. The van der Waals surface area contributed by atoms with Crippen molar-refractivity contribution in [3.8, 4) is 0 Å². The molecule has 94 valence electrons. The quantitative estimate of drug-likeness (QED) is 0.887. The molecule has 0 radical (unpaired) electrons. The van der Waals surface area contributed by atoms with E-state index in [9.17, 15) is 9.90 Å². The summed E-state index contributed by atoms with van der Waals surface area (Å²) in [7, 11) is 0. The Hall–Kier alpha value is -1.65. The molecule has 1 heterocycles. The van der Waals surface area contributed by atoms with Crippen LogP contribution in [-0.2, 0) is 5.54 Å². The van der Waals surface area contributed by atoms with Gasteiger partial charge in [0.2, 0.25) is 0 Å². The molecule has 1 aromatic carbocycles. The second-order valence-electron chi connectivity index (χ2n) is 4.32. The molecule has 3 nitrogen and oxygen atoms in total. The van der Waals surface area contributed by atoms with Gasteiger partial charge in [0.05, 0.1) is 17.7 Å². The number of thiophene rings is 1. The van der Waals surface area contributed by atoms with Gasteiger partial charge in [0.1, 0.15) is 0 Å². The molecule has 1 aromatic heterocycles. The molecule has 1 atom stereocenters. The number of aliphatic hydroxyl groups is 1. The predicted molar refractivity (Wildman–Crippen MR) is 72.7 cm³/mol. The molecule has 2 rings (SSSR count). The van der Waals surface area contributed by atoms with E-state index in [2.05, 4.69) is 5.32 Å². The van der Waals surface area contributed by atoms with Crippen molar-refractivity contribution in [2.24, 2.45) is 0 Å². The van der Waals surface area contributed by atoms with Gasteiger partial charge in [-0.15, -0.1) is 0 Å². The molecule has 1 amide bonds. The van der Waals surface area contributed by atoms with Crippen molar-refractivity contribution in [3.05, 3.63) is 58.3 Å². The monoisotopic (exact) mass is 261 g/mol. The Morgan fingerprint density at radius 1 is 1.33 bits per heavy atom. The summed E-state index contributed by atoms with van der Waals surface area (Å²) in [6.07, 6.45) is 0. The normalized spacial score (nSPS) is 13.9. The van der Waals surface area contributed by atoms with Crippen molar-refractivity contribution in [3.63, 3.8) is 0 Å². The average molecular weight is 261 g/mol. The standard InChI is InChI=1S/C14H15NO2S/c1-14(10-16,12-5-3-2-4-6-12)15-13(17)11-7-8-18-9-11/h2-9,16H,10H2,1H3,(H,15,17). The van der Waals surface area contributed by atoms with E-state index in [1.807, 2.05) is 42.6 Å². The summed E-state index contributed by atoms with van der Waals surface area (Å²) in [5.41, 5.74) is 0.743. The first-order valence-corrected chi connectivity index (χ1v) is 6.61. The van der Waals surface area contributed by atoms with Crippen molar-refractivity contribution in [2.45, 2.75) is 12.5 Å². The molecule has 2 N–H and O–H groups in total.